The number of aromatic hydroxyl groups is 2. The Kier molecular flexibility index (Phi) is 7.89. The molecule has 0 unspecified atom stereocenters. The van der Waals surface area contributed by atoms with E-state index in [1.165, 1.54) is 12.1 Å². The molecule has 0 bridgehead atoms. The summed E-state index contributed by atoms with van der Waals surface area (Å²) in [5, 5.41) is 21.2. The van der Waals surface area contributed by atoms with E-state index in [2.05, 4.69) is 0 Å². The molecular weight excluding hydrogens is 324 g/mol. The molecule has 4 N–H and O–H groups in total. The van der Waals surface area contributed by atoms with E-state index in [1.54, 1.807) is 34.6 Å². The summed E-state index contributed by atoms with van der Waals surface area (Å²) in [5.74, 6) is -0.0267. The second-order valence-electron chi connectivity index (χ2n) is 4.25. The Morgan fingerprint density at radius 2 is 1.10 bits per heavy atom. The minimum absolute atomic E-state index is 0. The average Bonchev–Trinajstić information content (AvgIpc) is 2.44. The van der Waals surface area contributed by atoms with Crippen LogP contribution in [0.3, 0.4) is 0 Å². The van der Waals surface area contributed by atoms with Crippen molar-refractivity contribution in [3.8, 4) is 11.5 Å². The molecule has 0 saturated carbocycles. The van der Waals surface area contributed by atoms with Crippen LogP contribution in [0.15, 0.2) is 36.4 Å². The molecule has 0 spiro atoms. The smallest absolute Gasteiger partial charge is 0.294 e. The van der Waals surface area contributed by atoms with E-state index in [1.807, 2.05) is 13.8 Å². The average molecular weight is 340 g/mol. The Hall–Kier alpha value is -2.24. The van der Waals surface area contributed by atoms with Crippen molar-refractivity contribution in [1.82, 2.24) is 0 Å². The molecule has 7 heteroatoms. The maximum atomic E-state index is 10.1. The third-order valence-corrected chi connectivity index (χ3v) is 2.52. The minimum Gasteiger partial charge on any atom is -0.502 e. The van der Waals surface area contributed by atoms with Crippen LogP contribution in [0.4, 0.5) is 11.4 Å². The van der Waals surface area contributed by atoms with Gasteiger partial charge in [0.05, 0.1) is 0 Å². The van der Waals surface area contributed by atoms with Crippen molar-refractivity contribution < 1.29 is 37.6 Å². The summed E-state index contributed by atoms with van der Waals surface area (Å²) in [5.41, 5.74) is 2.33. The Labute approximate surface area is 132 Å². The quantitative estimate of drug-likeness (QED) is 0.468. The summed E-state index contributed by atoms with van der Waals surface area (Å²) in [7, 11) is 0. The number of phenols is 2. The van der Waals surface area contributed by atoms with Crippen molar-refractivity contribution in [1.29, 1.82) is 0 Å². The molecule has 0 aromatic heterocycles. The molecule has 0 atom stereocenters. The summed E-state index contributed by atoms with van der Waals surface area (Å²) in [6, 6.07) is 9.60. The second-order valence-corrected chi connectivity index (χ2v) is 4.25. The first kappa shape index (κ1) is 18.8. The number of nitroso groups, excluding NO2 is 2. The fraction of sp³-hybridized carbons (Fsp3) is 0.143. The number of nitrogens with one attached hydrogen (secondary N) is 2. The molecule has 1 radical (unpaired) electrons. The first-order chi connectivity index (χ1) is 9.47. The molecule has 0 fully saturated rings. The molecule has 2 aromatic carbocycles. The Morgan fingerprint density at radius 1 is 0.762 bits per heavy atom. The van der Waals surface area contributed by atoms with Gasteiger partial charge >= 0.3 is 0 Å². The summed E-state index contributed by atoms with van der Waals surface area (Å²) in [4.78, 5) is 20.2. The van der Waals surface area contributed by atoms with Crippen LogP contribution in [-0.2, 0) is 17.1 Å². The van der Waals surface area contributed by atoms with Gasteiger partial charge in [-0.25, -0.2) is 0 Å². The number of hydrogen-bond donors (Lipinski definition) is 4. The van der Waals surface area contributed by atoms with Crippen LogP contribution in [0, 0.1) is 23.7 Å². The number of aryl methyl sites for hydroxylation is 2. The van der Waals surface area contributed by atoms with Crippen LogP contribution in [-0.4, -0.2) is 10.2 Å². The molecule has 2 rings (SSSR count). The van der Waals surface area contributed by atoms with Crippen LogP contribution in [0.25, 0.3) is 0 Å². The third kappa shape index (κ3) is 5.72. The van der Waals surface area contributed by atoms with Gasteiger partial charge in [0.2, 0.25) is 0 Å². The number of benzene rings is 2. The van der Waals surface area contributed by atoms with Gasteiger partial charge in [-0.3, -0.25) is 0 Å². The molecule has 2 aromatic rings. The largest absolute Gasteiger partial charge is 0.502 e. The number of hydrogen-bond acceptors (Lipinski definition) is 4. The van der Waals surface area contributed by atoms with Crippen molar-refractivity contribution in [3.63, 3.8) is 0 Å². The Balaban J connectivity index is 0.000000364. The monoisotopic (exact) mass is 339 g/mol. The topological polar surface area (TPSA) is 103 Å². The van der Waals surface area contributed by atoms with E-state index in [9.17, 15) is 9.81 Å². The van der Waals surface area contributed by atoms with Gasteiger partial charge in [0.1, 0.15) is 0 Å². The van der Waals surface area contributed by atoms with E-state index < -0.39 is 0 Å². The Morgan fingerprint density at radius 3 is 1.33 bits per heavy atom. The minimum atomic E-state index is -0.0133. The zero-order valence-electron chi connectivity index (χ0n) is 11.5. The molecule has 0 amide bonds. The summed E-state index contributed by atoms with van der Waals surface area (Å²) < 4.78 is 0. The van der Waals surface area contributed by atoms with E-state index in [-0.39, 0.29) is 39.9 Å². The summed E-state index contributed by atoms with van der Waals surface area (Å²) in [6.07, 6.45) is 0. The van der Waals surface area contributed by atoms with Crippen LogP contribution >= 0.6 is 0 Å². The van der Waals surface area contributed by atoms with Crippen LogP contribution < -0.4 is 10.4 Å². The van der Waals surface area contributed by atoms with Gasteiger partial charge in [-0.1, -0.05) is 12.1 Å². The van der Waals surface area contributed by atoms with E-state index >= 15 is 0 Å². The van der Waals surface area contributed by atoms with E-state index in [0.29, 0.717) is 0 Å². The second kappa shape index (κ2) is 8.84. The fourth-order valence-corrected chi connectivity index (χ4v) is 1.46. The van der Waals surface area contributed by atoms with Gasteiger partial charge in [-0.05, 0) is 37.1 Å². The molecule has 0 aliphatic carbocycles. The van der Waals surface area contributed by atoms with Gasteiger partial charge in [0.15, 0.2) is 11.5 Å². The summed E-state index contributed by atoms with van der Waals surface area (Å²) >= 11 is 0. The zero-order chi connectivity index (χ0) is 15.1. The van der Waals surface area contributed by atoms with Gasteiger partial charge in [-0.2, -0.15) is 0 Å². The van der Waals surface area contributed by atoms with Crippen LogP contribution in [0.1, 0.15) is 11.1 Å². The molecule has 21 heavy (non-hydrogen) atoms. The first-order valence-corrected chi connectivity index (χ1v) is 5.83. The molecule has 0 aliphatic heterocycles. The van der Waals surface area contributed by atoms with E-state index in [0.717, 1.165) is 11.1 Å². The standard InChI is InChI=1S/2C7H7NO2.Cu/c2*1-5-2-3-7(9)6(4-5)8-10;/h2*2-4,9H,1H3;/p+2. The van der Waals surface area contributed by atoms with Crippen molar-refractivity contribution in [3.05, 3.63) is 57.3 Å². The summed E-state index contributed by atoms with van der Waals surface area (Å²) in [6.45, 7) is 3.70. The first-order valence-electron chi connectivity index (χ1n) is 5.83. The molecule has 115 valence electrons. The third-order valence-electron chi connectivity index (χ3n) is 2.52. The predicted molar refractivity (Wildman–Crippen MR) is 73.7 cm³/mol. The fourth-order valence-electron chi connectivity index (χ4n) is 1.46. The normalized spacial score (nSPS) is 8.86. The van der Waals surface area contributed by atoms with Crippen molar-refractivity contribution in [2.24, 2.45) is 0 Å². The van der Waals surface area contributed by atoms with Crippen molar-refractivity contribution >= 4 is 11.4 Å². The van der Waals surface area contributed by atoms with Crippen LogP contribution in [0.2, 0.25) is 0 Å². The molecule has 0 aliphatic rings. The van der Waals surface area contributed by atoms with E-state index in [4.69, 9.17) is 10.2 Å². The van der Waals surface area contributed by atoms with Gasteiger partial charge in [0, 0.05) is 49.4 Å². The van der Waals surface area contributed by atoms with Crippen molar-refractivity contribution in [2.75, 3.05) is 0 Å². The van der Waals surface area contributed by atoms with Gasteiger partial charge < -0.3 is 10.2 Å². The zero-order valence-corrected chi connectivity index (χ0v) is 12.4. The van der Waals surface area contributed by atoms with Gasteiger partial charge in [-0.15, -0.1) is 0 Å². The molecule has 0 heterocycles. The maximum Gasteiger partial charge on any atom is 0.294 e. The molecule has 0 saturated heterocycles. The molecule has 6 nitrogen and oxygen atoms in total. The number of rotatable bonds is 2. The number of phenolic OH excluding ortho intramolecular Hbond substituents is 2. The van der Waals surface area contributed by atoms with Crippen LogP contribution in [0.5, 0.6) is 11.5 Å². The van der Waals surface area contributed by atoms with Gasteiger partial charge in [0.25, 0.3) is 11.4 Å². The SMILES string of the molecule is Cc1ccc(O)c([NH+]=O)c1.Cc1ccc(O)c([NH+]=O)c1.[Cu]. The van der Waals surface area contributed by atoms with Crippen molar-refractivity contribution in [2.45, 2.75) is 13.8 Å². The molecular formula is C14H16CuN2O4+2. The predicted octanol–water partition coefficient (Wildman–Crippen LogP) is 0.356. The Bertz CT molecular complexity index is 577. The maximum absolute atomic E-state index is 10.1.